The Morgan fingerprint density at radius 2 is 1.44 bits per heavy atom. The van der Waals surface area contributed by atoms with Crippen LogP contribution in [0.4, 0.5) is 17.1 Å². The smallest absolute Gasteiger partial charge is 0.295 e. The maximum Gasteiger partial charge on any atom is 0.295 e. The minimum Gasteiger partial charge on any atom is -0.322 e. The predicted octanol–water partition coefficient (Wildman–Crippen LogP) is 6.75. The van der Waals surface area contributed by atoms with Gasteiger partial charge in [0.2, 0.25) is 0 Å². The summed E-state index contributed by atoms with van der Waals surface area (Å²) < 4.78 is 31.7. The lowest BCUT2D eigenvalue weighted by atomic mass is 10.1. The molecule has 1 heterocycles. The molecule has 0 spiro atoms. The van der Waals surface area contributed by atoms with E-state index in [4.69, 9.17) is 34.8 Å². The first-order valence-electron chi connectivity index (χ1n) is 13.2. The van der Waals surface area contributed by atoms with Gasteiger partial charge in [0, 0.05) is 23.3 Å². The molecule has 4 aromatic carbocycles. The third kappa shape index (κ3) is 6.76. The third-order valence-corrected chi connectivity index (χ3v) is 9.20. The van der Waals surface area contributed by atoms with E-state index < -0.39 is 27.4 Å². The van der Waals surface area contributed by atoms with Gasteiger partial charge in [-0.2, -0.15) is 0 Å². The summed E-state index contributed by atoms with van der Waals surface area (Å²) >= 11 is 18.4. The number of aromatic nitrogens is 2. The Balaban J connectivity index is 1.37. The third-order valence-electron chi connectivity index (χ3n) is 6.81. The van der Waals surface area contributed by atoms with Gasteiger partial charge in [0.25, 0.3) is 27.4 Å². The Hall–Kier alpha value is -4.55. The van der Waals surface area contributed by atoms with Crippen molar-refractivity contribution in [2.24, 2.45) is 7.05 Å². The predicted molar refractivity (Wildman–Crippen MR) is 177 cm³/mol. The Kier molecular flexibility index (Phi) is 9.08. The highest BCUT2D eigenvalue weighted by molar-refractivity contribution is 7.92. The van der Waals surface area contributed by atoms with E-state index in [0.717, 1.165) is 12.1 Å². The maximum atomic E-state index is 13.2. The molecule has 0 saturated heterocycles. The first-order chi connectivity index (χ1) is 21.4. The van der Waals surface area contributed by atoms with E-state index in [1.807, 2.05) is 6.07 Å². The van der Waals surface area contributed by atoms with Crippen molar-refractivity contribution in [3.63, 3.8) is 0 Å². The van der Waals surface area contributed by atoms with E-state index in [9.17, 15) is 22.8 Å². The standard InChI is InChI=1S/C31H24Cl3N5O5S/c1-18-28(31(42)39(38(18)2)23-12-4-3-5-13-23)36-29(40)19-8-6-10-21(14-19)35-30(41)24-16-27(26(34)17-25(24)33)45(43,44)37-22-11-7-9-20(32)15-22/h3-17,37H,1-2H3,(H,35,41)(H,36,40). The summed E-state index contributed by atoms with van der Waals surface area (Å²) in [5.74, 6) is -1.33. The molecule has 2 amide bonds. The highest BCUT2D eigenvalue weighted by atomic mass is 35.5. The molecule has 45 heavy (non-hydrogen) atoms. The van der Waals surface area contributed by atoms with Crippen LogP contribution in [0.1, 0.15) is 26.4 Å². The van der Waals surface area contributed by atoms with E-state index in [-0.39, 0.29) is 43.1 Å². The van der Waals surface area contributed by atoms with Crippen molar-refractivity contribution in [2.75, 3.05) is 15.4 Å². The first-order valence-corrected chi connectivity index (χ1v) is 15.8. The molecule has 3 N–H and O–H groups in total. The van der Waals surface area contributed by atoms with Crippen LogP contribution in [-0.4, -0.2) is 29.6 Å². The molecule has 0 aliphatic rings. The van der Waals surface area contributed by atoms with Gasteiger partial charge >= 0.3 is 0 Å². The second-order valence-electron chi connectivity index (χ2n) is 9.80. The summed E-state index contributed by atoms with van der Waals surface area (Å²) in [5, 5.41) is 5.32. The van der Waals surface area contributed by atoms with Crippen LogP contribution in [0.2, 0.25) is 15.1 Å². The van der Waals surface area contributed by atoms with Crippen LogP contribution in [0.15, 0.2) is 101 Å². The van der Waals surface area contributed by atoms with Crippen molar-refractivity contribution in [3.8, 4) is 5.69 Å². The quantitative estimate of drug-likeness (QED) is 0.166. The Bertz CT molecular complexity index is 2130. The number of carbonyl (C=O) groups is 2. The van der Waals surface area contributed by atoms with Gasteiger partial charge in [-0.15, -0.1) is 0 Å². The summed E-state index contributed by atoms with van der Waals surface area (Å²) in [6.07, 6.45) is 0. The summed E-state index contributed by atoms with van der Waals surface area (Å²) in [6, 6.07) is 23.3. The van der Waals surface area contributed by atoms with Gasteiger partial charge in [0.1, 0.15) is 10.6 Å². The van der Waals surface area contributed by atoms with Crippen LogP contribution in [-0.2, 0) is 17.1 Å². The van der Waals surface area contributed by atoms with Crippen molar-refractivity contribution >= 4 is 73.7 Å². The van der Waals surface area contributed by atoms with Gasteiger partial charge in [-0.1, -0.05) is 65.1 Å². The second kappa shape index (κ2) is 12.8. The maximum absolute atomic E-state index is 13.2. The van der Waals surface area contributed by atoms with Crippen molar-refractivity contribution < 1.29 is 18.0 Å². The van der Waals surface area contributed by atoms with Gasteiger partial charge in [-0.3, -0.25) is 23.8 Å². The normalized spacial score (nSPS) is 11.2. The molecule has 5 rings (SSSR count). The second-order valence-corrected chi connectivity index (χ2v) is 12.7. The van der Waals surface area contributed by atoms with Crippen LogP contribution in [0.25, 0.3) is 5.69 Å². The fraction of sp³-hybridized carbons (Fsp3) is 0.0645. The first kappa shape index (κ1) is 31.9. The van der Waals surface area contributed by atoms with E-state index >= 15 is 0 Å². The largest absolute Gasteiger partial charge is 0.322 e. The summed E-state index contributed by atoms with van der Waals surface area (Å²) in [4.78, 5) is 39.3. The monoisotopic (exact) mass is 683 g/mol. The van der Waals surface area contributed by atoms with E-state index in [1.54, 1.807) is 61.1 Å². The van der Waals surface area contributed by atoms with Crippen molar-refractivity contribution in [3.05, 3.63) is 133 Å². The number of para-hydroxylation sites is 1. The number of nitrogens with zero attached hydrogens (tertiary/aromatic N) is 2. The van der Waals surface area contributed by atoms with Gasteiger partial charge in [0.15, 0.2) is 0 Å². The number of hydrogen-bond acceptors (Lipinski definition) is 5. The molecule has 0 unspecified atom stereocenters. The number of hydrogen-bond donors (Lipinski definition) is 3. The minimum atomic E-state index is -4.24. The molecule has 14 heteroatoms. The molecule has 10 nitrogen and oxygen atoms in total. The molecule has 1 aromatic heterocycles. The zero-order valence-corrected chi connectivity index (χ0v) is 26.7. The fourth-order valence-corrected chi connectivity index (χ4v) is 6.61. The molecule has 0 saturated carbocycles. The van der Waals surface area contributed by atoms with Crippen LogP contribution < -0.4 is 20.9 Å². The molecule has 0 fully saturated rings. The Morgan fingerprint density at radius 3 is 2.16 bits per heavy atom. The van der Waals surface area contributed by atoms with Crippen LogP contribution >= 0.6 is 34.8 Å². The lowest BCUT2D eigenvalue weighted by Crippen LogP contribution is -2.23. The van der Waals surface area contributed by atoms with Gasteiger partial charge in [-0.05, 0) is 67.6 Å². The van der Waals surface area contributed by atoms with Gasteiger partial charge < -0.3 is 10.6 Å². The van der Waals surface area contributed by atoms with Crippen LogP contribution in [0.5, 0.6) is 0 Å². The van der Waals surface area contributed by atoms with Crippen LogP contribution in [0, 0.1) is 6.92 Å². The van der Waals surface area contributed by atoms with Crippen molar-refractivity contribution in [2.45, 2.75) is 11.8 Å². The average molecular weight is 685 g/mol. The van der Waals surface area contributed by atoms with Crippen molar-refractivity contribution in [1.82, 2.24) is 9.36 Å². The molecule has 0 bridgehead atoms. The number of anilines is 3. The minimum absolute atomic E-state index is 0.0950. The van der Waals surface area contributed by atoms with Crippen molar-refractivity contribution in [1.29, 1.82) is 0 Å². The van der Waals surface area contributed by atoms with E-state index in [2.05, 4.69) is 15.4 Å². The zero-order chi connectivity index (χ0) is 32.5. The number of nitrogens with one attached hydrogen (secondary N) is 3. The number of amides is 2. The number of sulfonamides is 1. The fourth-order valence-electron chi connectivity index (χ4n) is 4.51. The van der Waals surface area contributed by atoms with E-state index in [1.165, 1.54) is 35.0 Å². The topological polar surface area (TPSA) is 131 Å². The molecule has 0 aliphatic carbocycles. The zero-order valence-electron chi connectivity index (χ0n) is 23.6. The van der Waals surface area contributed by atoms with Gasteiger partial charge in [0.05, 0.1) is 32.7 Å². The number of benzene rings is 4. The summed E-state index contributed by atoms with van der Waals surface area (Å²) in [5.41, 5.74) is 1.25. The molecular formula is C31H24Cl3N5O5S. The molecule has 0 atom stereocenters. The molecule has 5 aromatic rings. The lowest BCUT2D eigenvalue weighted by Gasteiger charge is -2.13. The molecular weight excluding hydrogens is 661 g/mol. The summed E-state index contributed by atoms with van der Waals surface area (Å²) in [6.45, 7) is 1.71. The average Bonchev–Trinajstić information content (AvgIpc) is 3.20. The van der Waals surface area contributed by atoms with E-state index in [0.29, 0.717) is 16.4 Å². The SMILES string of the molecule is Cc1c(NC(=O)c2cccc(NC(=O)c3cc(S(=O)(=O)Nc4cccc(Cl)c4)c(Cl)cc3Cl)c2)c(=O)n(-c2ccccc2)n1C. The lowest BCUT2D eigenvalue weighted by molar-refractivity contribution is 0.101. The Morgan fingerprint density at radius 1 is 0.756 bits per heavy atom. The molecule has 230 valence electrons. The number of rotatable bonds is 8. The highest BCUT2D eigenvalue weighted by Gasteiger charge is 2.24. The number of halogens is 3. The number of carbonyl (C=O) groups excluding carboxylic acids is 2. The highest BCUT2D eigenvalue weighted by Crippen LogP contribution is 2.31. The molecule has 0 aliphatic heterocycles. The van der Waals surface area contributed by atoms with Gasteiger partial charge in [-0.25, -0.2) is 13.1 Å². The summed E-state index contributed by atoms with van der Waals surface area (Å²) in [7, 11) is -2.53. The molecule has 0 radical (unpaired) electrons. The Labute approximate surface area is 273 Å². The van der Waals surface area contributed by atoms with Crippen LogP contribution in [0.3, 0.4) is 0 Å².